The number of ketones is 1. The number of hydrogen-bond donors (Lipinski definition) is 0. The fourth-order valence-electron chi connectivity index (χ4n) is 1.72. The lowest BCUT2D eigenvalue weighted by molar-refractivity contribution is 0.0979. The molecule has 1 aromatic rings. The number of sulfone groups is 1. The molecule has 0 aromatic heterocycles. The van der Waals surface area contributed by atoms with Crippen molar-refractivity contribution in [2.75, 3.05) is 5.75 Å². The Bertz CT molecular complexity index is 486. The molecular formula is C14H20O3S. The van der Waals surface area contributed by atoms with E-state index in [9.17, 15) is 13.2 Å². The van der Waals surface area contributed by atoms with Crippen molar-refractivity contribution in [3.63, 3.8) is 0 Å². The van der Waals surface area contributed by atoms with Crippen LogP contribution >= 0.6 is 0 Å². The van der Waals surface area contributed by atoms with Gasteiger partial charge >= 0.3 is 0 Å². The molecule has 0 saturated heterocycles. The van der Waals surface area contributed by atoms with Crippen LogP contribution in [0, 0.1) is 0 Å². The van der Waals surface area contributed by atoms with E-state index in [0.717, 1.165) is 12.8 Å². The monoisotopic (exact) mass is 268 g/mol. The van der Waals surface area contributed by atoms with Gasteiger partial charge in [-0.25, -0.2) is 8.42 Å². The maximum Gasteiger partial charge on any atom is 0.178 e. The van der Waals surface area contributed by atoms with Crippen molar-refractivity contribution >= 4 is 15.6 Å². The lowest BCUT2D eigenvalue weighted by atomic mass is 10.1. The molecule has 0 unspecified atom stereocenters. The first-order valence-electron chi connectivity index (χ1n) is 6.37. The van der Waals surface area contributed by atoms with Crippen molar-refractivity contribution in [2.24, 2.45) is 0 Å². The summed E-state index contributed by atoms with van der Waals surface area (Å²) in [5.41, 5.74) is 0.596. The number of rotatable bonds is 7. The maximum absolute atomic E-state index is 11.8. The molecule has 0 amide bonds. The Kier molecular flexibility index (Phi) is 5.54. The van der Waals surface area contributed by atoms with Gasteiger partial charge in [0, 0.05) is 12.0 Å². The van der Waals surface area contributed by atoms with Crippen LogP contribution in [0.1, 0.15) is 49.9 Å². The minimum atomic E-state index is -3.18. The van der Waals surface area contributed by atoms with Gasteiger partial charge in [-0.2, -0.15) is 0 Å². The van der Waals surface area contributed by atoms with E-state index in [1.54, 1.807) is 12.1 Å². The van der Waals surface area contributed by atoms with Crippen LogP contribution in [0.3, 0.4) is 0 Å². The van der Waals surface area contributed by atoms with Crippen molar-refractivity contribution in [1.82, 2.24) is 0 Å². The normalized spacial score (nSPS) is 11.4. The quantitative estimate of drug-likeness (QED) is 0.713. The third-order valence-corrected chi connectivity index (χ3v) is 4.70. The fraction of sp³-hybridized carbons (Fsp3) is 0.500. The summed E-state index contributed by atoms with van der Waals surface area (Å²) in [4.78, 5) is 12.0. The highest BCUT2D eigenvalue weighted by atomic mass is 32.2. The zero-order valence-electron chi connectivity index (χ0n) is 11.0. The molecule has 0 spiro atoms. The van der Waals surface area contributed by atoms with Crippen molar-refractivity contribution in [3.05, 3.63) is 29.8 Å². The molecular weight excluding hydrogens is 248 g/mol. The van der Waals surface area contributed by atoms with Crippen LogP contribution in [0.15, 0.2) is 29.2 Å². The van der Waals surface area contributed by atoms with Gasteiger partial charge in [0.1, 0.15) is 0 Å². The average molecular weight is 268 g/mol. The molecule has 0 atom stereocenters. The highest BCUT2D eigenvalue weighted by Gasteiger charge is 2.13. The summed E-state index contributed by atoms with van der Waals surface area (Å²) in [6.07, 6.45) is 2.97. The summed E-state index contributed by atoms with van der Waals surface area (Å²) in [7, 11) is -3.18. The fourth-order valence-corrected chi connectivity index (χ4v) is 3.04. The molecule has 18 heavy (non-hydrogen) atoms. The molecule has 0 aliphatic carbocycles. The maximum atomic E-state index is 11.8. The molecule has 0 fully saturated rings. The van der Waals surface area contributed by atoms with Gasteiger partial charge in [0.05, 0.1) is 10.6 Å². The molecule has 100 valence electrons. The second kappa shape index (κ2) is 6.69. The van der Waals surface area contributed by atoms with E-state index in [1.165, 1.54) is 12.1 Å². The Morgan fingerprint density at radius 1 is 1.06 bits per heavy atom. The molecule has 1 rings (SSSR count). The molecule has 0 aliphatic heterocycles. The highest BCUT2D eigenvalue weighted by Crippen LogP contribution is 2.15. The largest absolute Gasteiger partial charge is 0.294 e. The van der Waals surface area contributed by atoms with E-state index >= 15 is 0 Å². The average Bonchev–Trinajstić information content (AvgIpc) is 2.36. The Morgan fingerprint density at radius 2 is 1.67 bits per heavy atom. The Labute approximate surface area is 109 Å². The number of benzene rings is 1. The van der Waals surface area contributed by atoms with E-state index in [1.807, 2.05) is 13.8 Å². The van der Waals surface area contributed by atoms with Crippen molar-refractivity contribution < 1.29 is 13.2 Å². The van der Waals surface area contributed by atoms with Crippen LogP contribution in [-0.4, -0.2) is 20.0 Å². The van der Waals surface area contributed by atoms with Gasteiger partial charge in [-0.05, 0) is 25.0 Å². The third kappa shape index (κ3) is 3.95. The van der Waals surface area contributed by atoms with Crippen LogP contribution in [0.4, 0.5) is 0 Å². The third-order valence-electron chi connectivity index (χ3n) is 2.77. The molecule has 0 heterocycles. The first-order chi connectivity index (χ1) is 8.51. The van der Waals surface area contributed by atoms with Gasteiger partial charge in [-0.3, -0.25) is 4.79 Å². The molecule has 0 bridgehead atoms. The predicted molar refractivity (Wildman–Crippen MR) is 72.6 cm³/mol. The number of unbranched alkanes of at least 4 members (excludes halogenated alkanes) is 1. The number of carbonyl (C=O) groups is 1. The molecule has 1 aromatic carbocycles. The smallest absolute Gasteiger partial charge is 0.178 e. The highest BCUT2D eigenvalue weighted by molar-refractivity contribution is 7.91. The zero-order chi connectivity index (χ0) is 13.6. The molecule has 4 heteroatoms. The van der Waals surface area contributed by atoms with Crippen molar-refractivity contribution in [2.45, 2.75) is 44.4 Å². The Hall–Kier alpha value is -1.16. The second-order valence-electron chi connectivity index (χ2n) is 4.37. The first-order valence-corrected chi connectivity index (χ1v) is 8.02. The predicted octanol–water partition coefficient (Wildman–Crippen LogP) is 3.24. The zero-order valence-corrected chi connectivity index (χ0v) is 11.8. The van der Waals surface area contributed by atoms with E-state index in [2.05, 4.69) is 0 Å². The molecule has 3 nitrogen and oxygen atoms in total. The van der Waals surface area contributed by atoms with Gasteiger partial charge in [0.25, 0.3) is 0 Å². The van der Waals surface area contributed by atoms with Crippen molar-refractivity contribution in [3.8, 4) is 0 Å². The van der Waals surface area contributed by atoms with E-state index in [0.29, 0.717) is 23.3 Å². The minimum Gasteiger partial charge on any atom is -0.294 e. The summed E-state index contributed by atoms with van der Waals surface area (Å²) in [6.45, 7) is 3.87. The summed E-state index contributed by atoms with van der Waals surface area (Å²) < 4.78 is 23.6. The van der Waals surface area contributed by atoms with Crippen molar-refractivity contribution in [1.29, 1.82) is 0 Å². The number of Topliss-reactive ketones (excluding diaryl/α,β-unsaturated/α-hetero) is 1. The van der Waals surface area contributed by atoms with Crippen LogP contribution < -0.4 is 0 Å². The Morgan fingerprint density at radius 3 is 2.17 bits per heavy atom. The summed E-state index contributed by atoms with van der Waals surface area (Å²) in [6, 6.07) is 6.29. The molecule has 0 N–H and O–H groups in total. The molecule has 0 aliphatic rings. The summed E-state index contributed by atoms with van der Waals surface area (Å²) in [5.74, 6) is 0.229. The van der Waals surface area contributed by atoms with E-state index in [4.69, 9.17) is 0 Å². The van der Waals surface area contributed by atoms with E-state index < -0.39 is 9.84 Å². The number of carbonyl (C=O) groups excluding carboxylic acids is 1. The van der Waals surface area contributed by atoms with Gasteiger partial charge < -0.3 is 0 Å². The van der Waals surface area contributed by atoms with Crippen LogP contribution in [0.5, 0.6) is 0 Å². The number of hydrogen-bond acceptors (Lipinski definition) is 3. The van der Waals surface area contributed by atoms with Crippen LogP contribution in [0.2, 0.25) is 0 Å². The van der Waals surface area contributed by atoms with Gasteiger partial charge in [-0.1, -0.05) is 32.4 Å². The SMILES string of the molecule is CCCCC(=O)c1ccc(S(=O)(=O)CCC)cc1. The lowest BCUT2D eigenvalue weighted by Crippen LogP contribution is -2.06. The standard InChI is InChI=1S/C14H20O3S/c1-3-5-6-14(15)12-7-9-13(10-8-12)18(16,17)11-4-2/h7-10H,3-6,11H2,1-2H3. The van der Waals surface area contributed by atoms with Gasteiger partial charge in [0.15, 0.2) is 15.6 Å². The van der Waals surface area contributed by atoms with E-state index in [-0.39, 0.29) is 11.5 Å². The minimum absolute atomic E-state index is 0.0799. The summed E-state index contributed by atoms with van der Waals surface area (Å²) >= 11 is 0. The van der Waals surface area contributed by atoms with Crippen LogP contribution in [0.25, 0.3) is 0 Å². The molecule has 0 saturated carbocycles. The lowest BCUT2D eigenvalue weighted by Gasteiger charge is -2.04. The second-order valence-corrected chi connectivity index (χ2v) is 6.48. The summed E-state index contributed by atoms with van der Waals surface area (Å²) in [5, 5.41) is 0. The first kappa shape index (κ1) is 14.9. The topological polar surface area (TPSA) is 51.2 Å². The van der Waals surface area contributed by atoms with Gasteiger partial charge in [0.2, 0.25) is 0 Å². The van der Waals surface area contributed by atoms with Gasteiger partial charge in [-0.15, -0.1) is 0 Å². The molecule has 0 radical (unpaired) electrons. The Balaban J connectivity index is 2.83. The van der Waals surface area contributed by atoms with Crippen LogP contribution in [-0.2, 0) is 9.84 Å².